The predicted molar refractivity (Wildman–Crippen MR) is 55.5 cm³/mol. The van der Waals surface area contributed by atoms with Crippen LogP contribution in [-0.4, -0.2) is 31.1 Å². The van der Waals surface area contributed by atoms with Crippen molar-refractivity contribution >= 4 is 0 Å². The standard InChI is InChI=1S/C11H20N2/c1-9(5-12)6-13-7-10-3-2-4-11(10)8-13/h10-11H,1-8,12H2. The molecule has 1 saturated heterocycles. The molecule has 0 bridgehead atoms. The van der Waals surface area contributed by atoms with Crippen molar-refractivity contribution in [1.82, 2.24) is 4.90 Å². The maximum Gasteiger partial charge on any atom is 0.0203 e. The molecular weight excluding hydrogens is 160 g/mol. The molecule has 1 aliphatic carbocycles. The molecule has 2 rings (SSSR count). The molecule has 0 radical (unpaired) electrons. The molecule has 1 aliphatic heterocycles. The van der Waals surface area contributed by atoms with Gasteiger partial charge in [-0.15, -0.1) is 0 Å². The van der Waals surface area contributed by atoms with Crippen LogP contribution < -0.4 is 5.73 Å². The Kier molecular flexibility index (Phi) is 2.70. The van der Waals surface area contributed by atoms with Crippen molar-refractivity contribution in [3.63, 3.8) is 0 Å². The molecule has 0 aromatic heterocycles. The van der Waals surface area contributed by atoms with Crippen LogP contribution >= 0.6 is 0 Å². The molecule has 13 heavy (non-hydrogen) atoms. The normalized spacial score (nSPS) is 33.6. The summed E-state index contributed by atoms with van der Waals surface area (Å²) in [5, 5.41) is 0. The quantitative estimate of drug-likeness (QED) is 0.662. The summed E-state index contributed by atoms with van der Waals surface area (Å²) in [6.45, 7) is 8.23. The zero-order chi connectivity index (χ0) is 9.26. The van der Waals surface area contributed by atoms with Crippen LogP contribution in [0.3, 0.4) is 0 Å². The Morgan fingerprint density at radius 2 is 1.92 bits per heavy atom. The zero-order valence-corrected chi connectivity index (χ0v) is 8.34. The van der Waals surface area contributed by atoms with Crippen LogP contribution in [0.15, 0.2) is 12.2 Å². The summed E-state index contributed by atoms with van der Waals surface area (Å²) in [7, 11) is 0. The lowest BCUT2D eigenvalue weighted by molar-refractivity contribution is 0.336. The van der Waals surface area contributed by atoms with Gasteiger partial charge in [0.25, 0.3) is 0 Å². The lowest BCUT2D eigenvalue weighted by Crippen LogP contribution is -2.26. The van der Waals surface area contributed by atoms with Gasteiger partial charge in [0.15, 0.2) is 0 Å². The van der Waals surface area contributed by atoms with E-state index < -0.39 is 0 Å². The number of nitrogens with zero attached hydrogens (tertiary/aromatic N) is 1. The molecule has 0 aromatic rings. The van der Waals surface area contributed by atoms with E-state index in [0.29, 0.717) is 6.54 Å². The van der Waals surface area contributed by atoms with E-state index in [0.717, 1.165) is 18.4 Å². The van der Waals surface area contributed by atoms with E-state index in [-0.39, 0.29) is 0 Å². The van der Waals surface area contributed by atoms with Gasteiger partial charge in [0.2, 0.25) is 0 Å². The van der Waals surface area contributed by atoms with Crippen molar-refractivity contribution in [3.05, 3.63) is 12.2 Å². The molecule has 0 aromatic carbocycles. The first-order valence-corrected chi connectivity index (χ1v) is 5.38. The molecule has 2 fully saturated rings. The summed E-state index contributed by atoms with van der Waals surface area (Å²) in [6.07, 6.45) is 4.37. The molecule has 0 spiro atoms. The molecule has 0 amide bonds. The Bertz CT molecular complexity index is 188. The minimum absolute atomic E-state index is 0.645. The van der Waals surface area contributed by atoms with E-state index in [1.807, 2.05) is 0 Å². The molecule has 2 unspecified atom stereocenters. The predicted octanol–water partition coefficient (Wildman–Crippen LogP) is 1.23. The van der Waals surface area contributed by atoms with Crippen LogP contribution in [0.4, 0.5) is 0 Å². The maximum absolute atomic E-state index is 5.54. The Morgan fingerprint density at radius 1 is 1.31 bits per heavy atom. The largest absolute Gasteiger partial charge is 0.327 e. The van der Waals surface area contributed by atoms with Gasteiger partial charge in [-0.1, -0.05) is 13.0 Å². The number of rotatable bonds is 3. The van der Waals surface area contributed by atoms with Crippen molar-refractivity contribution in [3.8, 4) is 0 Å². The second kappa shape index (κ2) is 3.81. The van der Waals surface area contributed by atoms with Crippen LogP contribution in [0.5, 0.6) is 0 Å². The molecular formula is C11H20N2. The summed E-state index contributed by atoms with van der Waals surface area (Å²) in [5.74, 6) is 1.98. The number of fused-ring (bicyclic) bond motifs is 1. The van der Waals surface area contributed by atoms with E-state index in [1.54, 1.807) is 0 Å². The highest BCUT2D eigenvalue weighted by molar-refractivity contribution is 5.01. The number of nitrogens with two attached hydrogens (primary N) is 1. The van der Waals surface area contributed by atoms with Gasteiger partial charge >= 0.3 is 0 Å². The molecule has 2 nitrogen and oxygen atoms in total. The minimum Gasteiger partial charge on any atom is -0.327 e. The Morgan fingerprint density at radius 3 is 2.46 bits per heavy atom. The summed E-state index contributed by atoms with van der Waals surface area (Å²) >= 11 is 0. The summed E-state index contributed by atoms with van der Waals surface area (Å²) in [6, 6.07) is 0. The summed E-state index contributed by atoms with van der Waals surface area (Å²) < 4.78 is 0. The van der Waals surface area contributed by atoms with Crippen LogP contribution in [0.1, 0.15) is 19.3 Å². The van der Waals surface area contributed by atoms with E-state index in [2.05, 4.69) is 11.5 Å². The number of hydrogen-bond donors (Lipinski definition) is 1. The fourth-order valence-corrected chi connectivity index (χ4v) is 2.84. The third-order valence-corrected chi connectivity index (χ3v) is 3.54. The Labute approximate surface area is 80.8 Å². The lowest BCUT2D eigenvalue weighted by atomic mass is 10.0. The van der Waals surface area contributed by atoms with E-state index in [4.69, 9.17) is 5.73 Å². The Hall–Kier alpha value is -0.340. The van der Waals surface area contributed by atoms with E-state index in [1.165, 1.54) is 37.9 Å². The molecule has 2 heteroatoms. The Balaban J connectivity index is 1.82. The monoisotopic (exact) mass is 180 g/mol. The van der Waals surface area contributed by atoms with Gasteiger partial charge in [0, 0.05) is 26.2 Å². The third kappa shape index (κ3) is 1.94. The molecule has 1 heterocycles. The fraction of sp³-hybridized carbons (Fsp3) is 0.818. The van der Waals surface area contributed by atoms with Gasteiger partial charge in [-0.25, -0.2) is 0 Å². The smallest absolute Gasteiger partial charge is 0.0203 e. The second-order valence-electron chi connectivity index (χ2n) is 4.60. The fourth-order valence-electron chi connectivity index (χ4n) is 2.84. The van der Waals surface area contributed by atoms with Crippen LogP contribution in [0.2, 0.25) is 0 Å². The topological polar surface area (TPSA) is 29.3 Å². The zero-order valence-electron chi connectivity index (χ0n) is 8.34. The summed E-state index contributed by atoms with van der Waals surface area (Å²) in [5.41, 5.74) is 6.72. The van der Waals surface area contributed by atoms with Gasteiger partial charge in [-0.3, -0.25) is 4.90 Å². The van der Waals surface area contributed by atoms with Crippen molar-refractivity contribution in [2.24, 2.45) is 17.6 Å². The first-order chi connectivity index (χ1) is 6.29. The molecule has 74 valence electrons. The highest BCUT2D eigenvalue weighted by atomic mass is 15.2. The van der Waals surface area contributed by atoms with Crippen molar-refractivity contribution < 1.29 is 0 Å². The van der Waals surface area contributed by atoms with Crippen LogP contribution in [-0.2, 0) is 0 Å². The van der Waals surface area contributed by atoms with Gasteiger partial charge < -0.3 is 5.73 Å². The van der Waals surface area contributed by atoms with Crippen LogP contribution in [0, 0.1) is 11.8 Å². The molecule has 2 atom stereocenters. The molecule has 2 aliphatic rings. The van der Waals surface area contributed by atoms with Gasteiger partial charge in [0.05, 0.1) is 0 Å². The van der Waals surface area contributed by atoms with Gasteiger partial charge in [0.1, 0.15) is 0 Å². The lowest BCUT2D eigenvalue weighted by Gasteiger charge is -2.17. The molecule has 2 N–H and O–H groups in total. The number of hydrogen-bond acceptors (Lipinski definition) is 2. The SMILES string of the molecule is C=C(CN)CN1CC2CCCC2C1. The maximum atomic E-state index is 5.54. The third-order valence-electron chi connectivity index (χ3n) is 3.54. The van der Waals surface area contributed by atoms with Crippen molar-refractivity contribution in [1.29, 1.82) is 0 Å². The van der Waals surface area contributed by atoms with Crippen molar-refractivity contribution in [2.75, 3.05) is 26.2 Å². The summed E-state index contributed by atoms with van der Waals surface area (Å²) in [4.78, 5) is 2.53. The average Bonchev–Trinajstić information content (AvgIpc) is 2.63. The van der Waals surface area contributed by atoms with E-state index >= 15 is 0 Å². The van der Waals surface area contributed by atoms with Crippen molar-refractivity contribution in [2.45, 2.75) is 19.3 Å². The highest BCUT2D eigenvalue weighted by Crippen LogP contribution is 2.37. The van der Waals surface area contributed by atoms with Crippen LogP contribution in [0.25, 0.3) is 0 Å². The first-order valence-electron chi connectivity index (χ1n) is 5.38. The molecule has 1 saturated carbocycles. The van der Waals surface area contributed by atoms with Gasteiger partial charge in [-0.2, -0.15) is 0 Å². The highest BCUT2D eigenvalue weighted by Gasteiger charge is 2.35. The number of likely N-dealkylation sites (tertiary alicyclic amines) is 1. The minimum atomic E-state index is 0.645. The van der Waals surface area contributed by atoms with E-state index in [9.17, 15) is 0 Å². The first kappa shape index (κ1) is 9.22. The average molecular weight is 180 g/mol. The second-order valence-corrected chi connectivity index (χ2v) is 4.60. The van der Waals surface area contributed by atoms with Gasteiger partial charge in [-0.05, 0) is 30.3 Å².